The van der Waals surface area contributed by atoms with E-state index < -0.39 is 44.6 Å². The molecule has 1 amide bonds. The van der Waals surface area contributed by atoms with E-state index in [1.54, 1.807) is 0 Å². The number of azo groups is 1. The number of hydrogen-bond donors (Lipinski definition) is 1. The molecule has 0 aliphatic rings. The van der Waals surface area contributed by atoms with E-state index in [0.717, 1.165) is 5.56 Å². The highest BCUT2D eigenvalue weighted by Crippen LogP contribution is 2.41. The number of nitrogens with one attached hydrogen (secondary N) is 1. The molecule has 0 saturated heterocycles. The van der Waals surface area contributed by atoms with Gasteiger partial charge in [0.1, 0.15) is 11.4 Å². The number of carbonyl (C=O) groups excluding carboxylic acids is 2. The smallest absolute Gasteiger partial charge is 0.311 e. The first-order chi connectivity index (χ1) is 19.5. The summed E-state index contributed by atoms with van der Waals surface area (Å²) in [6.07, 6.45) is 0.0405. The number of hydrogen-bond acceptors (Lipinski definition) is 11. The molecule has 15 heteroatoms. The fourth-order valence-corrected chi connectivity index (χ4v) is 3.77. The molecule has 0 saturated carbocycles. The van der Waals surface area contributed by atoms with Crippen molar-refractivity contribution in [3.63, 3.8) is 0 Å². The van der Waals surface area contributed by atoms with E-state index in [4.69, 9.17) is 9.47 Å². The van der Waals surface area contributed by atoms with Gasteiger partial charge in [0.2, 0.25) is 11.7 Å². The normalized spacial score (nSPS) is 10.7. The quantitative estimate of drug-likeness (QED) is 0.126. The van der Waals surface area contributed by atoms with Gasteiger partial charge in [0.15, 0.2) is 5.69 Å². The van der Waals surface area contributed by atoms with Crippen LogP contribution in [0, 0.1) is 26.0 Å². The third-order valence-electron chi connectivity index (χ3n) is 5.68. The zero-order valence-electron chi connectivity index (χ0n) is 22.2. The Kier molecular flexibility index (Phi) is 9.94. The van der Waals surface area contributed by atoms with Crippen molar-refractivity contribution in [2.75, 3.05) is 31.0 Å². The fraction of sp³-hybridized carbons (Fsp3) is 0.231. The number of carbonyl (C=O) groups is 2. The van der Waals surface area contributed by atoms with Gasteiger partial charge in [-0.05, 0) is 11.6 Å². The molecule has 0 unspecified atom stereocenters. The Bertz CT molecular complexity index is 1500. The third-order valence-corrected chi connectivity index (χ3v) is 5.68. The second-order valence-electron chi connectivity index (χ2n) is 8.46. The maximum atomic E-state index is 14.2. The molecule has 1 N–H and O–H groups in total. The summed E-state index contributed by atoms with van der Waals surface area (Å²) in [4.78, 5) is 46.2. The molecule has 0 bridgehead atoms. The zero-order chi connectivity index (χ0) is 30.1. The van der Waals surface area contributed by atoms with Gasteiger partial charge in [-0.1, -0.05) is 30.3 Å². The lowest BCUT2D eigenvalue weighted by molar-refractivity contribution is -0.395. The average Bonchev–Trinajstić information content (AvgIpc) is 2.94. The van der Waals surface area contributed by atoms with Gasteiger partial charge in [-0.15, -0.1) is 10.2 Å². The molecule has 0 fully saturated rings. The Morgan fingerprint density at radius 3 is 2.22 bits per heavy atom. The first kappa shape index (κ1) is 30.1. The number of halogens is 1. The minimum atomic E-state index is -1.34. The van der Waals surface area contributed by atoms with Crippen LogP contribution < -0.4 is 15.0 Å². The van der Waals surface area contributed by atoms with Gasteiger partial charge in [-0.25, -0.2) is 0 Å². The maximum Gasteiger partial charge on any atom is 0.311 e. The second kappa shape index (κ2) is 13.5. The Morgan fingerprint density at radius 2 is 1.63 bits per heavy atom. The maximum absolute atomic E-state index is 14.2. The summed E-state index contributed by atoms with van der Waals surface area (Å²) >= 11 is 0. The highest BCUT2D eigenvalue weighted by atomic mass is 19.1. The highest BCUT2D eigenvalue weighted by molar-refractivity contribution is 5.94. The molecular weight excluding hydrogens is 543 g/mol. The zero-order valence-corrected chi connectivity index (χ0v) is 22.2. The molecule has 0 atom stereocenters. The van der Waals surface area contributed by atoms with Gasteiger partial charge in [0.25, 0.3) is 0 Å². The number of methoxy groups -OCH3 is 2. The van der Waals surface area contributed by atoms with E-state index in [9.17, 15) is 34.2 Å². The number of benzene rings is 3. The van der Waals surface area contributed by atoms with Crippen molar-refractivity contribution in [1.82, 2.24) is 0 Å². The summed E-state index contributed by atoms with van der Waals surface area (Å²) in [5.74, 6) is -2.01. The topological polar surface area (TPSA) is 179 Å². The monoisotopic (exact) mass is 568 g/mol. The first-order valence-corrected chi connectivity index (χ1v) is 11.9. The molecule has 14 nitrogen and oxygen atoms in total. The number of esters is 1. The van der Waals surface area contributed by atoms with E-state index >= 15 is 0 Å². The van der Waals surface area contributed by atoms with Crippen LogP contribution in [0.5, 0.6) is 5.75 Å². The van der Waals surface area contributed by atoms with Crippen LogP contribution >= 0.6 is 0 Å². The van der Waals surface area contributed by atoms with Crippen molar-refractivity contribution in [2.45, 2.75) is 19.9 Å². The van der Waals surface area contributed by atoms with Crippen molar-refractivity contribution in [2.24, 2.45) is 10.2 Å². The molecule has 41 heavy (non-hydrogen) atoms. The van der Waals surface area contributed by atoms with Gasteiger partial charge in [-0.2, -0.15) is 4.39 Å². The number of ether oxygens (including phenoxy) is 2. The molecule has 214 valence electrons. The molecule has 3 rings (SSSR count). The van der Waals surface area contributed by atoms with Crippen molar-refractivity contribution < 1.29 is 33.3 Å². The van der Waals surface area contributed by atoms with Crippen LogP contribution in [0.15, 0.2) is 64.8 Å². The van der Waals surface area contributed by atoms with Crippen LogP contribution in [0.2, 0.25) is 0 Å². The van der Waals surface area contributed by atoms with Crippen molar-refractivity contribution in [3.8, 4) is 5.75 Å². The number of anilines is 2. The second-order valence-corrected chi connectivity index (χ2v) is 8.46. The molecule has 3 aromatic carbocycles. The number of nitro groups is 2. The Hall–Kier alpha value is -5.47. The number of rotatable bonds is 12. The lowest BCUT2D eigenvalue weighted by Crippen LogP contribution is -2.26. The van der Waals surface area contributed by atoms with Gasteiger partial charge in [0, 0.05) is 32.1 Å². The van der Waals surface area contributed by atoms with Crippen molar-refractivity contribution in [3.05, 3.63) is 86.2 Å². The van der Waals surface area contributed by atoms with Gasteiger partial charge < -0.3 is 19.7 Å². The molecule has 0 spiro atoms. The first-order valence-electron chi connectivity index (χ1n) is 11.9. The van der Waals surface area contributed by atoms with Crippen LogP contribution in [0.1, 0.15) is 18.9 Å². The van der Waals surface area contributed by atoms with Gasteiger partial charge in [-0.3, -0.25) is 29.8 Å². The third kappa shape index (κ3) is 7.78. The van der Waals surface area contributed by atoms with Crippen LogP contribution in [0.25, 0.3) is 0 Å². The number of nitro benzene ring substituents is 2. The SMILES string of the molecule is COC(=O)CCN(Cc1ccccc1)c1cc(NC(C)=O)c(/N=N/c2cc(F)c([N+](=O)[O-])cc2[N+](=O)[O-])cc1OC. The van der Waals surface area contributed by atoms with E-state index in [1.165, 1.54) is 33.3 Å². The number of amides is 1. The number of nitrogens with zero attached hydrogens (tertiary/aromatic N) is 5. The standard InChI is InChI=1S/C26H25FN6O8/c1-16(34)28-19-12-24(31(10-9-26(35)41-3)15-17-7-5-4-6-8-17)25(40-2)13-20(19)29-30-21-11-18(27)22(32(36)37)14-23(21)33(38)39/h4-8,11-14H,9-10,15H2,1-3H3,(H,28,34)/b30-29+. The summed E-state index contributed by atoms with van der Waals surface area (Å²) in [6, 6.07) is 13.3. The van der Waals surface area contributed by atoms with Gasteiger partial charge in [0.05, 0.1) is 47.9 Å². The minimum Gasteiger partial charge on any atom is -0.494 e. The molecular formula is C26H25FN6O8. The van der Waals surface area contributed by atoms with Crippen LogP contribution in [0.3, 0.4) is 0 Å². The molecule has 0 aromatic heterocycles. The lowest BCUT2D eigenvalue weighted by Gasteiger charge is -2.27. The Labute approximate surface area is 232 Å². The van der Waals surface area contributed by atoms with E-state index in [1.807, 2.05) is 35.2 Å². The van der Waals surface area contributed by atoms with E-state index in [0.29, 0.717) is 24.4 Å². The Morgan fingerprint density at radius 1 is 0.976 bits per heavy atom. The molecule has 0 radical (unpaired) electrons. The largest absolute Gasteiger partial charge is 0.494 e. The summed E-state index contributed by atoms with van der Waals surface area (Å²) < 4.78 is 24.6. The summed E-state index contributed by atoms with van der Waals surface area (Å²) in [5, 5.41) is 32.8. The highest BCUT2D eigenvalue weighted by Gasteiger charge is 2.25. The predicted octanol–water partition coefficient (Wildman–Crippen LogP) is 5.59. The Balaban J connectivity index is 2.12. The lowest BCUT2D eigenvalue weighted by atomic mass is 10.1. The molecule has 3 aromatic rings. The average molecular weight is 569 g/mol. The van der Waals surface area contributed by atoms with Crippen molar-refractivity contribution in [1.29, 1.82) is 0 Å². The van der Waals surface area contributed by atoms with E-state index in [-0.39, 0.29) is 30.1 Å². The molecule has 0 aliphatic heterocycles. The van der Waals surface area contributed by atoms with Crippen LogP contribution in [-0.4, -0.2) is 42.5 Å². The predicted molar refractivity (Wildman–Crippen MR) is 145 cm³/mol. The fourth-order valence-electron chi connectivity index (χ4n) is 3.77. The minimum absolute atomic E-state index is 0.0125. The summed E-state index contributed by atoms with van der Waals surface area (Å²) in [7, 11) is 2.66. The summed E-state index contributed by atoms with van der Waals surface area (Å²) in [6.45, 7) is 1.82. The van der Waals surface area contributed by atoms with E-state index in [2.05, 4.69) is 15.5 Å². The molecule has 0 aliphatic carbocycles. The van der Waals surface area contributed by atoms with Crippen LogP contribution in [-0.2, 0) is 20.9 Å². The van der Waals surface area contributed by atoms with Crippen LogP contribution in [0.4, 0.5) is 38.5 Å². The van der Waals surface area contributed by atoms with Crippen molar-refractivity contribution >= 4 is 46.0 Å². The molecule has 0 heterocycles. The summed E-state index contributed by atoms with van der Waals surface area (Å²) in [5.41, 5.74) is -1.03. The van der Waals surface area contributed by atoms with Gasteiger partial charge >= 0.3 is 17.3 Å².